The van der Waals surface area contributed by atoms with Crippen LogP contribution in [0.3, 0.4) is 0 Å². The molecule has 0 fully saturated rings. The van der Waals surface area contributed by atoms with Crippen molar-refractivity contribution in [1.82, 2.24) is 0 Å². The zero-order valence-corrected chi connectivity index (χ0v) is 10.7. The van der Waals surface area contributed by atoms with E-state index in [1.165, 1.54) is 5.56 Å². The van der Waals surface area contributed by atoms with Crippen LogP contribution in [-0.4, -0.2) is 12.0 Å². The van der Waals surface area contributed by atoms with Gasteiger partial charge in [0.25, 0.3) is 5.69 Å². The number of benzene rings is 2. The quantitative estimate of drug-likeness (QED) is 0.609. The first-order valence-electron chi connectivity index (χ1n) is 6.05. The molecule has 0 radical (unpaired) electrons. The molecule has 0 aliphatic rings. The molecule has 2 aromatic rings. The summed E-state index contributed by atoms with van der Waals surface area (Å²) in [5, 5.41) is 10.6. The van der Waals surface area contributed by atoms with Gasteiger partial charge < -0.3 is 4.74 Å². The minimum atomic E-state index is -0.383. The summed E-state index contributed by atoms with van der Waals surface area (Å²) in [6, 6.07) is 14.6. The van der Waals surface area contributed by atoms with Gasteiger partial charge in [-0.05, 0) is 36.1 Å². The minimum Gasteiger partial charge on any atom is -0.497 e. The van der Waals surface area contributed by atoms with Crippen LogP contribution in [0.4, 0.5) is 5.69 Å². The highest BCUT2D eigenvalue weighted by molar-refractivity contribution is 5.34. The molecule has 0 amide bonds. The second-order valence-electron chi connectivity index (χ2n) is 4.28. The number of non-ortho nitro benzene ring substituents is 1. The number of aryl methyl sites for hydroxylation is 2. The Hall–Kier alpha value is -2.36. The fraction of sp³-hybridized carbons (Fsp3) is 0.200. The molecule has 4 nitrogen and oxygen atoms in total. The van der Waals surface area contributed by atoms with Crippen molar-refractivity contribution in [1.29, 1.82) is 0 Å². The van der Waals surface area contributed by atoms with E-state index in [1.807, 2.05) is 24.3 Å². The van der Waals surface area contributed by atoms with E-state index >= 15 is 0 Å². The Balaban J connectivity index is 1.99. The van der Waals surface area contributed by atoms with Gasteiger partial charge in [0, 0.05) is 12.1 Å². The monoisotopic (exact) mass is 257 g/mol. The maximum atomic E-state index is 10.6. The summed E-state index contributed by atoms with van der Waals surface area (Å²) in [4.78, 5) is 10.2. The summed E-state index contributed by atoms with van der Waals surface area (Å²) in [7, 11) is 1.65. The summed E-state index contributed by atoms with van der Waals surface area (Å²) in [5.41, 5.74) is 2.41. The molecular weight excluding hydrogens is 242 g/mol. The molecule has 2 aromatic carbocycles. The second-order valence-corrected chi connectivity index (χ2v) is 4.28. The summed E-state index contributed by atoms with van der Waals surface area (Å²) >= 11 is 0. The van der Waals surface area contributed by atoms with Crippen molar-refractivity contribution in [3.63, 3.8) is 0 Å². The van der Waals surface area contributed by atoms with Gasteiger partial charge in [-0.15, -0.1) is 0 Å². The molecule has 0 saturated carbocycles. The van der Waals surface area contributed by atoms with Crippen LogP contribution < -0.4 is 4.74 Å². The Bertz CT molecular complexity index is 564. The van der Waals surface area contributed by atoms with Crippen LogP contribution in [0.5, 0.6) is 5.75 Å². The molecule has 0 unspecified atom stereocenters. The molecule has 0 bridgehead atoms. The number of methoxy groups -OCH3 is 1. The predicted octanol–water partition coefficient (Wildman–Crippen LogP) is 3.39. The predicted molar refractivity (Wildman–Crippen MR) is 73.5 cm³/mol. The zero-order valence-electron chi connectivity index (χ0n) is 10.7. The Morgan fingerprint density at radius 2 is 1.74 bits per heavy atom. The molecule has 0 heterocycles. The summed E-state index contributed by atoms with van der Waals surface area (Å²) in [6.45, 7) is 0. The molecule has 2 rings (SSSR count). The van der Waals surface area contributed by atoms with Crippen molar-refractivity contribution >= 4 is 5.69 Å². The van der Waals surface area contributed by atoms with Crippen LogP contribution in [0.1, 0.15) is 11.1 Å². The van der Waals surface area contributed by atoms with Crippen molar-refractivity contribution in [3.8, 4) is 5.75 Å². The third kappa shape index (κ3) is 3.55. The molecule has 0 aromatic heterocycles. The van der Waals surface area contributed by atoms with Crippen molar-refractivity contribution < 1.29 is 9.66 Å². The van der Waals surface area contributed by atoms with Gasteiger partial charge in [-0.3, -0.25) is 10.1 Å². The molecule has 0 saturated heterocycles. The molecule has 98 valence electrons. The largest absolute Gasteiger partial charge is 0.497 e. The lowest BCUT2D eigenvalue weighted by Gasteiger charge is -2.04. The molecule has 0 aliphatic carbocycles. The number of hydrogen-bond acceptors (Lipinski definition) is 3. The number of hydrogen-bond donors (Lipinski definition) is 0. The molecule has 0 spiro atoms. The molecule has 0 aliphatic heterocycles. The molecular formula is C15H15NO3. The molecule has 4 heteroatoms. The molecule has 0 N–H and O–H groups in total. The van der Waals surface area contributed by atoms with Gasteiger partial charge in [0.05, 0.1) is 12.0 Å². The van der Waals surface area contributed by atoms with Crippen molar-refractivity contribution in [2.45, 2.75) is 12.8 Å². The lowest BCUT2D eigenvalue weighted by Crippen LogP contribution is -1.93. The number of ether oxygens (including phenoxy) is 1. The van der Waals surface area contributed by atoms with E-state index in [1.54, 1.807) is 31.4 Å². The zero-order chi connectivity index (χ0) is 13.7. The Kier molecular flexibility index (Phi) is 4.13. The van der Waals surface area contributed by atoms with Gasteiger partial charge >= 0.3 is 0 Å². The topological polar surface area (TPSA) is 52.4 Å². The first-order chi connectivity index (χ1) is 9.19. The molecule has 19 heavy (non-hydrogen) atoms. The van der Waals surface area contributed by atoms with E-state index in [-0.39, 0.29) is 10.6 Å². The summed E-state index contributed by atoms with van der Waals surface area (Å²) < 4.78 is 5.17. The Morgan fingerprint density at radius 3 is 2.37 bits per heavy atom. The number of nitrogens with zero attached hydrogens (tertiary/aromatic N) is 1. The van der Waals surface area contributed by atoms with Crippen LogP contribution in [0, 0.1) is 10.1 Å². The van der Waals surface area contributed by atoms with Crippen molar-refractivity contribution in [2.24, 2.45) is 0 Å². The van der Waals surface area contributed by atoms with Gasteiger partial charge in [0.2, 0.25) is 0 Å². The highest BCUT2D eigenvalue weighted by Gasteiger charge is 2.04. The van der Waals surface area contributed by atoms with E-state index < -0.39 is 0 Å². The number of nitro groups is 1. The highest BCUT2D eigenvalue weighted by Crippen LogP contribution is 2.16. The van der Waals surface area contributed by atoms with Gasteiger partial charge in [-0.1, -0.05) is 24.3 Å². The van der Waals surface area contributed by atoms with E-state index in [2.05, 4.69) is 0 Å². The van der Waals surface area contributed by atoms with Crippen LogP contribution in [0.2, 0.25) is 0 Å². The first-order valence-corrected chi connectivity index (χ1v) is 6.05. The summed E-state index contributed by atoms with van der Waals surface area (Å²) in [5.74, 6) is 0.848. The molecule has 0 atom stereocenters. The standard InChI is InChI=1S/C15H15NO3/c1-19-15-4-2-3-13(11-15)6-5-12-7-9-14(10-8-12)16(17)18/h2-4,7-11H,5-6H2,1H3. The normalized spacial score (nSPS) is 10.2. The third-order valence-corrected chi connectivity index (χ3v) is 2.98. The van der Waals surface area contributed by atoms with Crippen LogP contribution in [-0.2, 0) is 12.8 Å². The Labute approximate surface area is 111 Å². The lowest BCUT2D eigenvalue weighted by molar-refractivity contribution is -0.384. The van der Waals surface area contributed by atoms with Crippen LogP contribution >= 0.6 is 0 Å². The maximum absolute atomic E-state index is 10.6. The first kappa shape index (κ1) is 13.1. The average Bonchev–Trinajstić information content (AvgIpc) is 2.46. The number of rotatable bonds is 5. The Morgan fingerprint density at radius 1 is 1.05 bits per heavy atom. The van der Waals surface area contributed by atoms with Crippen LogP contribution in [0.15, 0.2) is 48.5 Å². The van der Waals surface area contributed by atoms with Gasteiger partial charge in [0.1, 0.15) is 5.75 Å². The van der Waals surface area contributed by atoms with E-state index in [0.717, 1.165) is 24.2 Å². The van der Waals surface area contributed by atoms with Crippen molar-refractivity contribution in [2.75, 3.05) is 7.11 Å². The van der Waals surface area contributed by atoms with Gasteiger partial charge in [0.15, 0.2) is 0 Å². The van der Waals surface area contributed by atoms with Crippen molar-refractivity contribution in [3.05, 3.63) is 69.8 Å². The minimum absolute atomic E-state index is 0.130. The fourth-order valence-corrected chi connectivity index (χ4v) is 1.90. The highest BCUT2D eigenvalue weighted by atomic mass is 16.6. The fourth-order valence-electron chi connectivity index (χ4n) is 1.90. The van der Waals surface area contributed by atoms with Gasteiger partial charge in [-0.2, -0.15) is 0 Å². The number of nitro benzene ring substituents is 1. The van der Waals surface area contributed by atoms with E-state index in [4.69, 9.17) is 4.74 Å². The van der Waals surface area contributed by atoms with Gasteiger partial charge in [-0.25, -0.2) is 0 Å². The average molecular weight is 257 g/mol. The second kappa shape index (κ2) is 6.00. The maximum Gasteiger partial charge on any atom is 0.269 e. The smallest absolute Gasteiger partial charge is 0.269 e. The SMILES string of the molecule is COc1cccc(CCc2ccc([N+](=O)[O-])cc2)c1. The lowest BCUT2D eigenvalue weighted by atomic mass is 10.0. The van der Waals surface area contributed by atoms with E-state index in [9.17, 15) is 10.1 Å². The van der Waals surface area contributed by atoms with Crippen LogP contribution in [0.25, 0.3) is 0 Å². The third-order valence-electron chi connectivity index (χ3n) is 2.98. The summed E-state index contributed by atoms with van der Waals surface area (Å²) in [6.07, 6.45) is 1.74. The van der Waals surface area contributed by atoms with E-state index in [0.29, 0.717) is 0 Å².